The number of nitrogens with one attached hydrogen (secondary N) is 2. The number of ether oxygens (including phenoxy) is 1. The number of sulfone groups is 1. The van der Waals surface area contributed by atoms with Gasteiger partial charge >= 0.3 is 6.03 Å². The maximum absolute atomic E-state index is 12.6. The lowest BCUT2D eigenvalue weighted by Gasteiger charge is -2.14. The van der Waals surface area contributed by atoms with E-state index in [1.54, 1.807) is 11.6 Å². The van der Waals surface area contributed by atoms with Gasteiger partial charge in [0.1, 0.15) is 4.90 Å². The van der Waals surface area contributed by atoms with E-state index < -0.39 is 40.9 Å². The first-order valence-corrected chi connectivity index (χ1v) is 11.1. The van der Waals surface area contributed by atoms with Crippen molar-refractivity contribution in [2.24, 2.45) is 0 Å². The molecule has 0 bridgehead atoms. The normalized spacial score (nSPS) is 11.9. The second kappa shape index (κ2) is 8.10. The maximum Gasteiger partial charge on any atom is 0.335 e. The van der Waals surface area contributed by atoms with Crippen molar-refractivity contribution in [3.05, 3.63) is 36.0 Å². The summed E-state index contributed by atoms with van der Waals surface area (Å²) in [5.74, 6) is 0.00617. The molecule has 0 aliphatic heterocycles. The van der Waals surface area contributed by atoms with Gasteiger partial charge in [-0.25, -0.2) is 31.3 Å². The van der Waals surface area contributed by atoms with Crippen LogP contribution in [0.1, 0.15) is 19.5 Å². The molecular weight excluding hydrogens is 408 g/mol. The summed E-state index contributed by atoms with van der Waals surface area (Å²) in [4.78, 5) is 19.0. The minimum Gasteiger partial charge on any atom is -0.481 e. The molecular formula is C16H20N4O6S2. The third kappa shape index (κ3) is 4.75. The fourth-order valence-electron chi connectivity index (χ4n) is 2.17. The highest BCUT2D eigenvalue weighted by Crippen LogP contribution is 2.24. The van der Waals surface area contributed by atoms with E-state index in [1.165, 1.54) is 45.2 Å². The van der Waals surface area contributed by atoms with E-state index in [0.717, 1.165) is 6.07 Å². The average Bonchev–Trinajstić information content (AvgIpc) is 2.60. The minimum atomic E-state index is -4.48. The lowest BCUT2D eigenvalue weighted by atomic mass is 10.4. The summed E-state index contributed by atoms with van der Waals surface area (Å²) in [6.45, 7) is 4.50. The third-order valence-electron chi connectivity index (χ3n) is 3.56. The second-order valence-electron chi connectivity index (χ2n) is 5.98. The third-order valence-corrected chi connectivity index (χ3v) is 7.29. The minimum absolute atomic E-state index is 0.173. The van der Waals surface area contributed by atoms with E-state index in [1.807, 2.05) is 0 Å². The summed E-state index contributed by atoms with van der Waals surface area (Å²) in [7, 11) is -7.00. The molecule has 0 saturated carbocycles. The number of carbonyl (C=O) groups excluding carboxylic acids is 1. The van der Waals surface area contributed by atoms with Crippen LogP contribution in [-0.2, 0) is 19.9 Å². The van der Waals surface area contributed by atoms with Crippen LogP contribution in [0, 0.1) is 6.92 Å². The monoisotopic (exact) mass is 428 g/mol. The van der Waals surface area contributed by atoms with Crippen molar-refractivity contribution < 1.29 is 26.4 Å². The van der Waals surface area contributed by atoms with Crippen LogP contribution in [0.25, 0.3) is 0 Å². The van der Waals surface area contributed by atoms with E-state index >= 15 is 0 Å². The highest BCUT2D eigenvalue weighted by molar-refractivity contribution is 7.94. The molecule has 0 radical (unpaired) electrons. The van der Waals surface area contributed by atoms with Gasteiger partial charge in [-0.2, -0.15) is 4.98 Å². The molecule has 12 heteroatoms. The van der Waals surface area contributed by atoms with Gasteiger partial charge in [0.25, 0.3) is 10.0 Å². The Morgan fingerprint density at radius 2 is 1.68 bits per heavy atom. The van der Waals surface area contributed by atoms with Crippen molar-refractivity contribution in [1.82, 2.24) is 14.7 Å². The van der Waals surface area contributed by atoms with E-state index in [4.69, 9.17) is 4.74 Å². The van der Waals surface area contributed by atoms with Crippen molar-refractivity contribution >= 4 is 31.8 Å². The van der Waals surface area contributed by atoms with Crippen LogP contribution in [0.4, 0.5) is 10.7 Å². The van der Waals surface area contributed by atoms with Gasteiger partial charge in [-0.1, -0.05) is 12.1 Å². The van der Waals surface area contributed by atoms with Gasteiger partial charge in [-0.3, -0.25) is 5.32 Å². The van der Waals surface area contributed by atoms with Gasteiger partial charge < -0.3 is 4.74 Å². The number of carbonyl (C=O) groups is 1. The Morgan fingerprint density at radius 1 is 1.07 bits per heavy atom. The van der Waals surface area contributed by atoms with Gasteiger partial charge in [-0.15, -0.1) is 0 Å². The molecule has 1 aromatic heterocycles. The number of sulfonamides is 1. The number of rotatable bonds is 6. The Morgan fingerprint density at radius 3 is 2.25 bits per heavy atom. The highest BCUT2D eigenvalue weighted by atomic mass is 32.2. The predicted molar refractivity (Wildman–Crippen MR) is 101 cm³/mol. The van der Waals surface area contributed by atoms with Gasteiger partial charge in [0.15, 0.2) is 9.84 Å². The summed E-state index contributed by atoms with van der Waals surface area (Å²) < 4.78 is 56.9. The zero-order valence-electron chi connectivity index (χ0n) is 15.6. The molecule has 0 aliphatic rings. The van der Waals surface area contributed by atoms with E-state index in [0.29, 0.717) is 5.69 Å². The number of aromatic nitrogens is 2. The first-order chi connectivity index (χ1) is 13.0. The van der Waals surface area contributed by atoms with E-state index in [9.17, 15) is 21.6 Å². The molecule has 0 unspecified atom stereocenters. The number of urea groups is 1. The summed E-state index contributed by atoms with van der Waals surface area (Å²) in [5, 5.41) is 1.34. The highest BCUT2D eigenvalue weighted by Gasteiger charge is 2.29. The van der Waals surface area contributed by atoms with Crippen molar-refractivity contribution in [2.75, 3.05) is 12.4 Å². The SMILES string of the molecule is COc1cc(C)nc(NC(=O)NS(=O)(=O)c2ccccc2S(=O)(=O)C(C)C)n1. The van der Waals surface area contributed by atoms with Gasteiger partial charge in [-0.05, 0) is 32.9 Å². The first-order valence-electron chi connectivity index (χ1n) is 8.04. The molecule has 1 aromatic carbocycles. The van der Waals surface area contributed by atoms with Crippen LogP contribution >= 0.6 is 0 Å². The molecule has 1 heterocycles. The Hall–Kier alpha value is -2.73. The topological polar surface area (TPSA) is 144 Å². The Labute approximate surface area is 163 Å². The standard InChI is InChI=1S/C16H20N4O6S2/c1-10(2)27(22,23)12-7-5-6-8-13(12)28(24,25)20-16(21)19-15-17-11(3)9-14(18-15)26-4/h5-10H,1-4H3,(H2,17,18,19,20,21). The lowest BCUT2D eigenvalue weighted by Crippen LogP contribution is -2.35. The molecule has 0 atom stereocenters. The van der Waals surface area contributed by atoms with Crippen LogP contribution in [0.5, 0.6) is 5.88 Å². The fourth-order valence-corrected chi connectivity index (χ4v) is 4.96. The molecule has 10 nitrogen and oxygen atoms in total. The molecule has 0 fully saturated rings. The smallest absolute Gasteiger partial charge is 0.335 e. The molecule has 2 N–H and O–H groups in total. The van der Waals surface area contributed by atoms with Crippen molar-refractivity contribution in [3.63, 3.8) is 0 Å². The Bertz CT molecular complexity index is 1100. The second-order valence-corrected chi connectivity index (χ2v) is 10.1. The van der Waals surface area contributed by atoms with Crippen molar-refractivity contribution in [2.45, 2.75) is 35.8 Å². The first kappa shape index (κ1) is 21.6. The summed E-state index contributed by atoms with van der Waals surface area (Å²) >= 11 is 0. The maximum atomic E-state index is 12.6. The molecule has 2 amide bonds. The average molecular weight is 428 g/mol. The molecule has 2 aromatic rings. The number of aryl methyl sites for hydroxylation is 1. The predicted octanol–water partition coefficient (Wildman–Crippen LogP) is 1.49. The number of methoxy groups -OCH3 is 1. The quantitative estimate of drug-likeness (QED) is 0.704. The number of hydrogen-bond acceptors (Lipinski definition) is 8. The van der Waals surface area contributed by atoms with Crippen molar-refractivity contribution in [3.8, 4) is 5.88 Å². The Kier molecular flexibility index (Phi) is 6.24. The zero-order valence-corrected chi connectivity index (χ0v) is 17.3. The van der Waals surface area contributed by atoms with Crippen LogP contribution in [0.3, 0.4) is 0 Å². The van der Waals surface area contributed by atoms with E-state index in [2.05, 4.69) is 15.3 Å². The summed E-state index contributed by atoms with van der Waals surface area (Å²) in [6, 6.07) is 5.42. The van der Waals surface area contributed by atoms with Crippen LogP contribution in [0.15, 0.2) is 40.1 Å². The molecule has 2 rings (SSSR count). The van der Waals surface area contributed by atoms with Crippen LogP contribution in [0.2, 0.25) is 0 Å². The Balaban J connectivity index is 2.32. The lowest BCUT2D eigenvalue weighted by molar-refractivity contribution is 0.256. The molecule has 28 heavy (non-hydrogen) atoms. The fraction of sp³-hybridized carbons (Fsp3) is 0.312. The molecule has 152 valence electrons. The number of anilines is 1. The summed E-state index contributed by atoms with van der Waals surface area (Å²) in [6.07, 6.45) is 0. The van der Waals surface area contributed by atoms with E-state index in [-0.39, 0.29) is 11.8 Å². The molecule has 0 spiro atoms. The van der Waals surface area contributed by atoms with Crippen LogP contribution in [-0.4, -0.2) is 45.2 Å². The number of benzene rings is 1. The zero-order chi connectivity index (χ0) is 21.1. The molecule has 0 aliphatic carbocycles. The van der Waals surface area contributed by atoms with Gasteiger partial charge in [0.2, 0.25) is 11.8 Å². The number of amides is 2. The molecule has 0 saturated heterocycles. The number of hydrogen-bond donors (Lipinski definition) is 2. The number of nitrogens with zero attached hydrogens (tertiary/aromatic N) is 2. The van der Waals surface area contributed by atoms with Gasteiger partial charge in [0.05, 0.1) is 17.3 Å². The summed E-state index contributed by atoms with van der Waals surface area (Å²) in [5.41, 5.74) is 0.485. The van der Waals surface area contributed by atoms with Gasteiger partial charge in [0, 0.05) is 11.8 Å². The largest absolute Gasteiger partial charge is 0.481 e. The van der Waals surface area contributed by atoms with Crippen LogP contribution < -0.4 is 14.8 Å². The van der Waals surface area contributed by atoms with Crippen molar-refractivity contribution in [1.29, 1.82) is 0 Å².